The van der Waals surface area contributed by atoms with Gasteiger partial charge < -0.3 is 5.11 Å². The zero-order chi connectivity index (χ0) is 7.56. The average molecular weight is 144 g/mol. The first-order chi connectivity index (χ1) is 4.75. The first-order valence-electron chi connectivity index (χ1n) is 3.08. The Morgan fingerprint density at radius 3 is 2.80 bits per heavy atom. The van der Waals surface area contributed by atoms with E-state index in [1.807, 2.05) is 0 Å². The molecule has 0 radical (unpaired) electrons. The lowest BCUT2D eigenvalue weighted by atomic mass is 10.2. The van der Waals surface area contributed by atoms with Crippen molar-refractivity contribution in [1.29, 1.82) is 0 Å². The molecule has 0 amide bonds. The molecule has 5 heteroatoms. The van der Waals surface area contributed by atoms with Gasteiger partial charge in [-0.3, -0.25) is 0 Å². The van der Waals surface area contributed by atoms with Crippen LogP contribution in [0.5, 0.6) is 0 Å². The minimum Gasteiger partial charge on any atom is -0.480 e. The number of hydrogen-bond donors (Lipinski definition) is 1. The summed E-state index contributed by atoms with van der Waals surface area (Å²) in [5.74, 6) is -0.961. The van der Waals surface area contributed by atoms with Gasteiger partial charge in [-0.2, -0.15) is 0 Å². The van der Waals surface area contributed by atoms with E-state index in [2.05, 4.69) is 5.29 Å². The fourth-order valence-corrected chi connectivity index (χ4v) is 1.10. The van der Waals surface area contributed by atoms with Crippen molar-refractivity contribution in [2.24, 2.45) is 5.29 Å². The van der Waals surface area contributed by atoms with E-state index in [4.69, 9.17) is 5.11 Å². The molecule has 0 bridgehead atoms. The van der Waals surface area contributed by atoms with Gasteiger partial charge in [-0.15, -0.1) is 4.91 Å². The lowest BCUT2D eigenvalue weighted by molar-refractivity contribution is -0.142. The predicted octanol–water partition coefficient (Wildman–Crippen LogP) is 0.217. The normalized spacial score (nSPS) is 24.8. The molecule has 1 atom stereocenters. The topological polar surface area (TPSA) is 70.0 Å². The number of nitroso groups, excluding NO2 is 1. The standard InChI is InChI=1S/C5H8N2O3/c8-5(9)4-2-1-3-7(4)6-10/h4H,1-3H2,(H,8,9)/t4-/m0/s1. The van der Waals surface area contributed by atoms with E-state index >= 15 is 0 Å². The van der Waals surface area contributed by atoms with Crippen LogP contribution in [0.1, 0.15) is 12.8 Å². The van der Waals surface area contributed by atoms with Crippen LogP contribution < -0.4 is 0 Å². The third-order valence-electron chi connectivity index (χ3n) is 1.61. The number of aliphatic carboxylic acids is 1. The van der Waals surface area contributed by atoms with Crippen LogP contribution in [0, 0.1) is 4.91 Å². The van der Waals surface area contributed by atoms with Gasteiger partial charge in [0.05, 0.1) is 5.29 Å². The number of rotatable bonds is 2. The van der Waals surface area contributed by atoms with Crippen LogP contribution in [0.4, 0.5) is 0 Å². The third kappa shape index (κ3) is 1.07. The van der Waals surface area contributed by atoms with Crippen molar-refractivity contribution in [2.45, 2.75) is 18.9 Å². The van der Waals surface area contributed by atoms with E-state index in [9.17, 15) is 9.70 Å². The molecular formula is C5H8N2O3. The number of carbonyl (C=O) groups is 1. The Kier molecular flexibility index (Phi) is 1.84. The molecule has 0 aliphatic carbocycles. The molecule has 1 N–H and O–H groups in total. The first kappa shape index (κ1) is 6.98. The molecule has 1 fully saturated rings. The fourth-order valence-electron chi connectivity index (χ4n) is 1.10. The highest BCUT2D eigenvalue weighted by Gasteiger charge is 2.30. The Morgan fingerprint density at radius 1 is 1.70 bits per heavy atom. The molecule has 0 spiro atoms. The number of hydrogen-bond acceptors (Lipinski definition) is 3. The van der Waals surface area contributed by atoms with Gasteiger partial charge in [0.15, 0.2) is 0 Å². The summed E-state index contributed by atoms with van der Waals surface area (Å²) >= 11 is 0. The molecule has 0 saturated carbocycles. The number of nitrogens with zero attached hydrogens (tertiary/aromatic N) is 2. The van der Waals surface area contributed by atoms with Crippen molar-refractivity contribution in [3.05, 3.63) is 4.91 Å². The highest BCUT2D eigenvalue weighted by molar-refractivity contribution is 5.73. The Morgan fingerprint density at radius 2 is 2.40 bits per heavy atom. The monoisotopic (exact) mass is 144 g/mol. The molecular weight excluding hydrogens is 136 g/mol. The molecule has 1 heterocycles. The van der Waals surface area contributed by atoms with Crippen LogP contribution in [0.15, 0.2) is 5.29 Å². The lowest BCUT2D eigenvalue weighted by Crippen LogP contribution is -2.31. The van der Waals surface area contributed by atoms with E-state index in [-0.39, 0.29) is 0 Å². The molecule has 1 rings (SSSR count). The average Bonchev–Trinajstić information content (AvgIpc) is 2.33. The lowest BCUT2D eigenvalue weighted by Gasteiger charge is -2.11. The van der Waals surface area contributed by atoms with Crippen LogP contribution >= 0.6 is 0 Å². The SMILES string of the molecule is O=NN1CCC[C@H]1C(=O)O. The maximum Gasteiger partial charge on any atom is 0.328 e. The number of carboxylic acid groups (broad SMARTS) is 1. The summed E-state index contributed by atoms with van der Waals surface area (Å²) in [7, 11) is 0. The van der Waals surface area contributed by atoms with E-state index in [0.29, 0.717) is 13.0 Å². The largest absolute Gasteiger partial charge is 0.480 e. The van der Waals surface area contributed by atoms with E-state index in [1.165, 1.54) is 0 Å². The second kappa shape index (κ2) is 2.64. The van der Waals surface area contributed by atoms with Crippen molar-refractivity contribution in [2.75, 3.05) is 6.54 Å². The number of carboxylic acids is 1. The van der Waals surface area contributed by atoms with Gasteiger partial charge in [0.1, 0.15) is 6.04 Å². The zero-order valence-corrected chi connectivity index (χ0v) is 5.36. The molecule has 0 aromatic heterocycles. The maximum atomic E-state index is 10.3. The summed E-state index contributed by atoms with van der Waals surface area (Å²) in [5.41, 5.74) is 0. The second-order valence-corrected chi connectivity index (χ2v) is 2.24. The van der Waals surface area contributed by atoms with Gasteiger partial charge in [0, 0.05) is 6.54 Å². The molecule has 1 aliphatic heterocycles. The van der Waals surface area contributed by atoms with Crippen molar-refractivity contribution in [3.8, 4) is 0 Å². The molecule has 0 unspecified atom stereocenters. The van der Waals surface area contributed by atoms with Gasteiger partial charge >= 0.3 is 5.97 Å². The van der Waals surface area contributed by atoms with Crippen LogP contribution in [0.3, 0.4) is 0 Å². The summed E-state index contributed by atoms with van der Waals surface area (Å²) in [6.07, 6.45) is 1.27. The van der Waals surface area contributed by atoms with Crippen molar-refractivity contribution in [3.63, 3.8) is 0 Å². The molecule has 1 saturated heterocycles. The Balaban J connectivity index is 2.58. The quantitative estimate of drug-likeness (QED) is 0.562. The van der Waals surface area contributed by atoms with Crippen molar-refractivity contribution < 1.29 is 9.90 Å². The molecule has 10 heavy (non-hydrogen) atoms. The summed E-state index contributed by atoms with van der Waals surface area (Å²) < 4.78 is 0. The molecule has 1 aliphatic rings. The minimum atomic E-state index is -0.961. The van der Waals surface area contributed by atoms with Gasteiger partial charge in [-0.1, -0.05) is 0 Å². The summed E-state index contributed by atoms with van der Waals surface area (Å²) in [6, 6.07) is -0.683. The Bertz CT molecular complexity index is 159. The summed E-state index contributed by atoms with van der Waals surface area (Å²) in [4.78, 5) is 20.3. The van der Waals surface area contributed by atoms with Gasteiger partial charge in [0.25, 0.3) is 0 Å². The minimum absolute atomic E-state index is 0.473. The van der Waals surface area contributed by atoms with Crippen molar-refractivity contribution in [1.82, 2.24) is 5.01 Å². The van der Waals surface area contributed by atoms with Crippen LogP contribution in [-0.4, -0.2) is 28.7 Å². The van der Waals surface area contributed by atoms with Crippen LogP contribution in [-0.2, 0) is 4.79 Å². The summed E-state index contributed by atoms with van der Waals surface area (Å²) in [5, 5.41) is 12.1. The Hall–Kier alpha value is -1.13. The molecule has 0 aromatic rings. The summed E-state index contributed by atoms with van der Waals surface area (Å²) in [6.45, 7) is 0.473. The highest BCUT2D eigenvalue weighted by atomic mass is 16.4. The molecule has 56 valence electrons. The predicted molar refractivity (Wildman–Crippen MR) is 33.2 cm³/mol. The highest BCUT2D eigenvalue weighted by Crippen LogP contribution is 2.16. The smallest absolute Gasteiger partial charge is 0.328 e. The fraction of sp³-hybridized carbons (Fsp3) is 0.800. The Labute approximate surface area is 57.6 Å². The maximum absolute atomic E-state index is 10.3. The van der Waals surface area contributed by atoms with Crippen LogP contribution in [0.25, 0.3) is 0 Å². The second-order valence-electron chi connectivity index (χ2n) is 2.24. The zero-order valence-electron chi connectivity index (χ0n) is 5.36. The molecule has 0 aromatic carbocycles. The van der Waals surface area contributed by atoms with Gasteiger partial charge in [-0.05, 0) is 12.8 Å². The third-order valence-corrected chi connectivity index (χ3v) is 1.61. The van der Waals surface area contributed by atoms with E-state index in [0.717, 1.165) is 11.4 Å². The molecule has 5 nitrogen and oxygen atoms in total. The van der Waals surface area contributed by atoms with E-state index < -0.39 is 12.0 Å². The van der Waals surface area contributed by atoms with Gasteiger partial charge in [-0.25, -0.2) is 9.80 Å². The van der Waals surface area contributed by atoms with Crippen molar-refractivity contribution >= 4 is 5.97 Å². The van der Waals surface area contributed by atoms with Gasteiger partial charge in [0.2, 0.25) is 0 Å². The van der Waals surface area contributed by atoms with Crippen LogP contribution in [0.2, 0.25) is 0 Å². The first-order valence-corrected chi connectivity index (χ1v) is 3.08. The van der Waals surface area contributed by atoms with E-state index in [1.54, 1.807) is 0 Å².